The average molecular weight is 275 g/mol. The molecule has 0 aromatic heterocycles. The van der Waals surface area contributed by atoms with Gasteiger partial charge in [0.25, 0.3) is 5.91 Å². The van der Waals surface area contributed by atoms with Gasteiger partial charge in [-0.1, -0.05) is 12.2 Å². The Balaban J connectivity index is 5.33. The molecule has 0 aliphatic rings. The molecule has 0 N–H and O–H groups in total. The van der Waals surface area contributed by atoms with Crippen LogP contribution in [0.5, 0.6) is 0 Å². The third-order valence-electron chi connectivity index (χ3n) is 2.82. The van der Waals surface area contributed by atoms with Gasteiger partial charge >= 0.3 is 0 Å². The van der Waals surface area contributed by atoms with Gasteiger partial charge in [0.05, 0.1) is 0 Å². The molecule has 0 spiro atoms. The number of rotatable bonds is 7. The molecule has 0 aromatic carbocycles. The zero-order chi connectivity index (χ0) is 15.8. The van der Waals surface area contributed by atoms with Crippen LogP contribution in [0.25, 0.3) is 0 Å². The predicted molar refractivity (Wildman–Crippen MR) is 82.8 cm³/mol. The Morgan fingerprint density at radius 2 is 1.75 bits per heavy atom. The third-order valence-corrected chi connectivity index (χ3v) is 2.82. The molecule has 0 fully saturated rings. The van der Waals surface area contributed by atoms with Crippen molar-refractivity contribution in [3.8, 4) is 6.07 Å². The van der Waals surface area contributed by atoms with E-state index in [1.807, 2.05) is 38.7 Å². The SMILES string of the molecule is C=CCN(CC=C)C(=O)/C(C#N)=C\N(CC)C(C)(C)C. The number of amides is 1. The molecule has 0 aromatic rings. The second kappa shape index (κ2) is 8.21. The molecule has 4 nitrogen and oxygen atoms in total. The van der Waals surface area contributed by atoms with Crippen molar-refractivity contribution in [2.24, 2.45) is 0 Å². The van der Waals surface area contributed by atoms with Crippen molar-refractivity contribution in [1.82, 2.24) is 9.80 Å². The fraction of sp³-hybridized carbons (Fsp3) is 0.500. The van der Waals surface area contributed by atoms with Crippen LogP contribution >= 0.6 is 0 Å². The minimum absolute atomic E-state index is 0.130. The lowest BCUT2D eigenvalue weighted by molar-refractivity contribution is -0.125. The summed E-state index contributed by atoms with van der Waals surface area (Å²) in [5.41, 5.74) is -0.00998. The van der Waals surface area contributed by atoms with Crippen LogP contribution in [-0.4, -0.2) is 40.9 Å². The highest BCUT2D eigenvalue weighted by Crippen LogP contribution is 2.15. The summed E-state index contributed by atoms with van der Waals surface area (Å²) < 4.78 is 0. The van der Waals surface area contributed by atoms with Gasteiger partial charge in [-0.25, -0.2) is 0 Å². The van der Waals surface area contributed by atoms with Gasteiger partial charge < -0.3 is 9.80 Å². The van der Waals surface area contributed by atoms with Crippen LogP contribution in [0, 0.1) is 11.3 Å². The Morgan fingerprint density at radius 1 is 1.25 bits per heavy atom. The quantitative estimate of drug-likeness (QED) is 0.408. The van der Waals surface area contributed by atoms with Crippen molar-refractivity contribution < 1.29 is 4.79 Å². The minimum atomic E-state index is -0.296. The Labute approximate surface area is 122 Å². The molecule has 0 radical (unpaired) electrons. The Kier molecular flexibility index (Phi) is 7.38. The summed E-state index contributed by atoms with van der Waals surface area (Å²) in [7, 11) is 0. The van der Waals surface area contributed by atoms with Gasteiger partial charge in [-0.3, -0.25) is 4.79 Å². The number of nitrogens with zero attached hydrogens (tertiary/aromatic N) is 3. The van der Waals surface area contributed by atoms with Crippen LogP contribution in [-0.2, 0) is 4.79 Å². The molecule has 0 rings (SSSR count). The lowest BCUT2D eigenvalue weighted by Gasteiger charge is -2.34. The van der Waals surface area contributed by atoms with Crippen LogP contribution in [0.3, 0.4) is 0 Å². The zero-order valence-electron chi connectivity index (χ0n) is 13.0. The first kappa shape index (κ1) is 18.0. The van der Waals surface area contributed by atoms with E-state index in [0.29, 0.717) is 13.1 Å². The molecule has 110 valence electrons. The minimum Gasteiger partial charge on any atom is -0.372 e. The van der Waals surface area contributed by atoms with E-state index in [2.05, 4.69) is 13.2 Å². The maximum atomic E-state index is 12.3. The van der Waals surface area contributed by atoms with Crippen LogP contribution in [0.4, 0.5) is 0 Å². The van der Waals surface area contributed by atoms with Gasteiger partial charge in [-0.15, -0.1) is 13.2 Å². The van der Waals surface area contributed by atoms with E-state index in [4.69, 9.17) is 0 Å². The van der Waals surface area contributed by atoms with Crippen LogP contribution in [0.1, 0.15) is 27.7 Å². The number of carbonyl (C=O) groups excluding carboxylic acids is 1. The van der Waals surface area contributed by atoms with Crippen molar-refractivity contribution in [3.63, 3.8) is 0 Å². The molecule has 0 unspecified atom stereocenters. The summed E-state index contributed by atoms with van der Waals surface area (Å²) in [5, 5.41) is 9.25. The molecule has 0 aliphatic heterocycles. The molecule has 1 amide bonds. The summed E-state index contributed by atoms with van der Waals surface area (Å²) in [4.78, 5) is 15.9. The second-order valence-corrected chi connectivity index (χ2v) is 5.40. The summed E-state index contributed by atoms with van der Waals surface area (Å²) >= 11 is 0. The smallest absolute Gasteiger partial charge is 0.266 e. The molecule has 0 saturated carbocycles. The standard InChI is InChI=1S/C16H25N3O/c1-7-10-18(11-8-2)15(20)14(12-17)13-19(9-3)16(4,5)6/h7-8,13H,1-2,9-11H2,3-6H3/b14-13-. The van der Waals surface area contributed by atoms with E-state index < -0.39 is 0 Å². The summed E-state index contributed by atoms with van der Waals surface area (Å²) in [6, 6.07) is 2.00. The fourth-order valence-corrected chi connectivity index (χ4v) is 1.77. The van der Waals surface area contributed by atoms with E-state index in [-0.39, 0.29) is 17.0 Å². The monoisotopic (exact) mass is 275 g/mol. The van der Waals surface area contributed by atoms with Gasteiger partial charge in [0, 0.05) is 31.4 Å². The zero-order valence-corrected chi connectivity index (χ0v) is 13.0. The molecule has 0 bridgehead atoms. The van der Waals surface area contributed by atoms with Gasteiger partial charge in [-0.05, 0) is 27.7 Å². The normalized spacial score (nSPS) is 11.4. The second-order valence-electron chi connectivity index (χ2n) is 5.40. The van der Waals surface area contributed by atoms with Crippen LogP contribution in [0.2, 0.25) is 0 Å². The first-order valence-corrected chi connectivity index (χ1v) is 6.71. The molecular weight excluding hydrogens is 250 g/mol. The fourth-order valence-electron chi connectivity index (χ4n) is 1.77. The number of carbonyl (C=O) groups is 1. The molecule has 0 saturated heterocycles. The maximum absolute atomic E-state index is 12.3. The molecule has 0 heterocycles. The Bertz CT molecular complexity index is 414. The molecule has 0 atom stereocenters. The number of hydrogen-bond acceptors (Lipinski definition) is 3. The van der Waals surface area contributed by atoms with Crippen molar-refractivity contribution in [3.05, 3.63) is 37.1 Å². The molecule has 20 heavy (non-hydrogen) atoms. The van der Waals surface area contributed by atoms with Gasteiger partial charge in [0.1, 0.15) is 11.6 Å². The van der Waals surface area contributed by atoms with Gasteiger partial charge in [-0.2, -0.15) is 5.26 Å². The Hall–Kier alpha value is -2.02. The molecule has 4 heteroatoms. The van der Waals surface area contributed by atoms with Crippen LogP contribution in [0.15, 0.2) is 37.1 Å². The van der Waals surface area contributed by atoms with Crippen LogP contribution < -0.4 is 0 Å². The van der Waals surface area contributed by atoms with Gasteiger partial charge in [0.2, 0.25) is 0 Å². The lowest BCUT2D eigenvalue weighted by Crippen LogP contribution is -2.39. The molecule has 0 aliphatic carbocycles. The van der Waals surface area contributed by atoms with Crippen molar-refractivity contribution in [2.75, 3.05) is 19.6 Å². The Morgan fingerprint density at radius 3 is 2.05 bits per heavy atom. The summed E-state index contributed by atoms with van der Waals surface area (Å²) in [5.74, 6) is -0.296. The topological polar surface area (TPSA) is 47.3 Å². The largest absolute Gasteiger partial charge is 0.372 e. The highest BCUT2D eigenvalue weighted by molar-refractivity contribution is 5.97. The van der Waals surface area contributed by atoms with Crippen molar-refractivity contribution in [1.29, 1.82) is 5.26 Å². The first-order chi connectivity index (χ1) is 9.31. The highest BCUT2D eigenvalue weighted by atomic mass is 16.2. The highest BCUT2D eigenvalue weighted by Gasteiger charge is 2.21. The summed E-state index contributed by atoms with van der Waals surface area (Å²) in [6.45, 7) is 16.9. The number of nitriles is 1. The van der Waals surface area contributed by atoms with Crippen molar-refractivity contribution >= 4 is 5.91 Å². The first-order valence-electron chi connectivity index (χ1n) is 6.71. The summed E-state index contributed by atoms with van der Waals surface area (Å²) in [6.07, 6.45) is 4.91. The van der Waals surface area contributed by atoms with E-state index in [0.717, 1.165) is 6.54 Å². The van der Waals surface area contributed by atoms with E-state index in [9.17, 15) is 10.1 Å². The maximum Gasteiger partial charge on any atom is 0.266 e. The van der Waals surface area contributed by atoms with Gasteiger partial charge in [0.15, 0.2) is 0 Å². The lowest BCUT2D eigenvalue weighted by atomic mass is 10.1. The number of hydrogen-bond donors (Lipinski definition) is 0. The average Bonchev–Trinajstić information content (AvgIpc) is 2.37. The predicted octanol–water partition coefficient (Wildman–Crippen LogP) is 2.71. The third kappa shape index (κ3) is 5.31. The van der Waals surface area contributed by atoms with Crippen molar-refractivity contribution in [2.45, 2.75) is 33.2 Å². The van der Waals surface area contributed by atoms with E-state index >= 15 is 0 Å². The van der Waals surface area contributed by atoms with E-state index in [1.165, 1.54) is 4.90 Å². The molecular formula is C16H25N3O. The van der Waals surface area contributed by atoms with E-state index in [1.54, 1.807) is 18.4 Å².